The van der Waals surface area contributed by atoms with E-state index < -0.39 is 0 Å². The van der Waals surface area contributed by atoms with Gasteiger partial charge in [-0.05, 0) is 48.0 Å². The van der Waals surface area contributed by atoms with Crippen molar-refractivity contribution in [3.63, 3.8) is 0 Å². The molecule has 0 radical (unpaired) electrons. The normalized spacial score (nSPS) is 10.5. The number of carbonyl (C=O) groups is 1. The van der Waals surface area contributed by atoms with E-state index in [1.165, 1.54) is 11.0 Å². The van der Waals surface area contributed by atoms with Crippen LogP contribution in [-0.2, 0) is 4.79 Å². The summed E-state index contributed by atoms with van der Waals surface area (Å²) >= 11 is 6.07. The number of aromatic nitrogens is 4. The molecule has 0 bridgehead atoms. The van der Waals surface area contributed by atoms with Crippen molar-refractivity contribution < 1.29 is 4.79 Å². The first-order chi connectivity index (χ1) is 9.70. The van der Waals surface area contributed by atoms with Gasteiger partial charge in [0.2, 0.25) is 5.91 Å². The van der Waals surface area contributed by atoms with E-state index in [9.17, 15) is 4.79 Å². The minimum Gasteiger partial charge on any atom is -0.330 e. The maximum atomic E-state index is 11.8. The second-order valence-corrected chi connectivity index (χ2v) is 4.62. The van der Waals surface area contributed by atoms with Crippen molar-refractivity contribution in [1.29, 1.82) is 0 Å². The Morgan fingerprint density at radius 1 is 1.40 bits per heavy atom. The van der Waals surface area contributed by atoms with E-state index in [1.807, 2.05) is 0 Å². The number of unbranched alkanes of at least 4 members (excludes halogenated alkanes) is 1. The predicted octanol–water partition coefficient (Wildman–Crippen LogP) is 1.38. The van der Waals surface area contributed by atoms with Crippen LogP contribution in [0.1, 0.15) is 19.3 Å². The number of nitrogens with two attached hydrogens (primary N) is 1. The van der Waals surface area contributed by atoms with Crippen LogP contribution in [0.25, 0.3) is 5.69 Å². The molecule has 20 heavy (non-hydrogen) atoms. The number of anilines is 1. The van der Waals surface area contributed by atoms with Crippen LogP contribution in [0.15, 0.2) is 24.5 Å². The Bertz CT molecular complexity index is 571. The number of nitrogens with one attached hydrogen (secondary N) is 1. The third kappa shape index (κ3) is 3.75. The molecule has 2 rings (SSSR count). The summed E-state index contributed by atoms with van der Waals surface area (Å²) in [5.41, 5.74) is 6.65. The van der Waals surface area contributed by atoms with E-state index in [-0.39, 0.29) is 5.91 Å². The molecule has 0 atom stereocenters. The van der Waals surface area contributed by atoms with Crippen LogP contribution < -0.4 is 11.1 Å². The maximum absolute atomic E-state index is 11.8. The van der Waals surface area contributed by atoms with Crippen molar-refractivity contribution >= 4 is 23.2 Å². The Labute approximate surface area is 121 Å². The lowest BCUT2D eigenvalue weighted by atomic mass is 10.2. The second kappa shape index (κ2) is 6.97. The predicted molar refractivity (Wildman–Crippen MR) is 75.7 cm³/mol. The van der Waals surface area contributed by atoms with Crippen LogP contribution in [0.4, 0.5) is 5.69 Å². The molecular formula is C12H15ClN6O. The Kier molecular flexibility index (Phi) is 5.03. The fourth-order valence-corrected chi connectivity index (χ4v) is 1.84. The van der Waals surface area contributed by atoms with Gasteiger partial charge in [-0.15, -0.1) is 5.10 Å². The Hall–Kier alpha value is -1.99. The highest BCUT2D eigenvalue weighted by molar-refractivity contribution is 6.33. The molecule has 106 valence electrons. The van der Waals surface area contributed by atoms with Crippen molar-refractivity contribution in [3.05, 3.63) is 29.5 Å². The first-order valence-corrected chi connectivity index (χ1v) is 6.61. The first kappa shape index (κ1) is 14.4. The lowest BCUT2D eigenvalue weighted by Crippen LogP contribution is -2.12. The van der Waals surface area contributed by atoms with Gasteiger partial charge in [-0.1, -0.05) is 11.6 Å². The molecule has 0 saturated carbocycles. The molecule has 7 nitrogen and oxygen atoms in total. The molecule has 2 aromatic rings. The highest BCUT2D eigenvalue weighted by Crippen LogP contribution is 2.24. The largest absolute Gasteiger partial charge is 0.330 e. The lowest BCUT2D eigenvalue weighted by molar-refractivity contribution is -0.116. The average Bonchev–Trinajstić information content (AvgIpc) is 2.95. The monoisotopic (exact) mass is 294 g/mol. The van der Waals surface area contributed by atoms with Crippen molar-refractivity contribution in [3.8, 4) is 5.69 Å². The van der Waals surface area contributed by atoms with E-state index in [2.05, 4.69) is 20.8 Å². The number of tetrazole rings is 1. The maximum Gasteiger partial charge on any atom is 0.224 e. The minimum absolute atomic E-state index is 0.0887. The van der Waals surface area contributed by atoms with E-state index in [4.69, 9.17) is 17.3 Å². The van der Waals surface area contributed by atoms with Gasteiger partial charge in [-0.2, -0.15) is 0 Å². The molecule has 1 aromatic heterocycles. The standard InChI is InChI=1S/C12H15ClN6O/c13-10-5-4-9(19-8-15-17-18-19)7-11(10)16-12(20)3-1-2-6-14/h4-5,7-8H,1-3,6,14H2,(H,16,20). The molecule has 1 amide bonds. The molecule has 0 aliphatic heterocycles. The van der Waals surface area contributed by atoms with Crippen LogP contribution >= 0.6 is 11.6 Å². The minimum atomic E-state index is -0.0887. The third-order valence-corrected chi connectivity index (χ3v) is 3.03. The molecule has 0 aliphatic carbocycles. The van der Waals surface area contributed by atoms with Crippen molar-refractivity contribution in [2.24, 2.45) is 5.73 Å². The number of carbonyl (C=O) groups excluding carboxylic acids is 1. The van der Waals surface area contributed by atoms with Crippen molar-refractivity contribution in [2.75, 3.05) is 11.9 Å². The van der Waals surface area contributed by atoms with Crippen molar-refractivity contribution in [2.45, 2.75) is 19.3 Å². The van der Waals surface area contributed by atoms with Gasteiger partial charge in [-0.25, -0.2) is 4.68 Å². The summed E-state index contributed by atoms with van der Waals surface area (Å²) in [4.78, 5) is 11.8. The Morgan fingerprint density at radius 2 is 2.25 bits per heavy atom. The van der Waals surface area contributed by atoms with Gasteiger partial charge in [0.25, 0.3) is 0 Å². The summed E-state index contributed by atoms with van der Waals surface area (Å²) in [6.45, 7) is 0.586. The third-order valence-electron chi connectivity index (χ3n) is 2.70. The van der Waals surface area contributed by atoms with Crippen LogP contribution in [0.5, 0.6) is 0 Å². The quantitative estimate of drug-likeness (QED) is 0.784. The number of halogens is 1. The van der Waals surface area contributed by atoms with Gasteiger partial charge >= 0.3 is 0 Å². The first-order valence-electron chi connectivity index (χ1n) is 6.23. The topological polar surface area (TPSA) is 98.7 Å². The molecular weight excluding hydrogens is 280 g/mol. The summed E-state index contributed by atoms with van der Waals surface area (Å²) in [5.74, 6) is -0.0887. The van der Waals surface area contributed by atoms with Gasteiger partial charge in [0, 0.05) is 6.42 Å². The summed E-state index contributed by atoms with van der Waals surface area (Å²) in [6, 6.07) is 5.18. The fourth-order valence-electron chi connectivity index (χ4n) is 1.67. The molecule has 0 spiro atoms. The second-order valence-electron chi connectivity index (χ2n) is 4.21. The molecule has 1 heterocycles. The number of hydrogen-bond acceptors (Lipinski definition) is 5. The SMILES string of the molecule is NCCCCC(=O)Nc1cc(-n2cnnn2)ccc1Cl. The van der Waals surface area contributed by atoms with Crippen LogP contribution in [-0.4, -0.2) is 32.7 Å². The van der Waals surface area contributed by atoms with Gasteiger partial charge in [0.15, 0.2) is 0 Å². The zero-order valence-corrected chi connectivity index (χ0v) is 11.5. The highest BCUT2D eigenvalue weighted by Gasteiger charge is 2.08. The smallest absolute Gasteiger partial charge is 0.224 e. The molecule has 0 saturated heterocycles. The van der Waals surface area contributed by atoms with E-state index in [0.717, 1.165) is 18.5 Å². The Morgan fingerprint density at radius 3 is 2.95 bits per heavy atom. The van der Waals surface area contributed by atoms with Gasteiger partial charge in [0.05, 0.1) is 16.4 Å². The lowest BCUT2D eigenvalue weighted by Gasteiger charge is -2.09. The van der Waals surface area contributed by atoms with Gasteiger partial charge in [0.1, 0.15) is 6.33 Å². The molecule has 1 aromatic carbocycles. The highest BCUT2D eigenvalue weighted by atomic mass is 35.5. The number of nitrogens with zero attached hydrogens (tertiary/aromatic N) is 4. The molecule has 0 fully saturated rings. The number of hydrogen-bond donors (Lipinski definition) is 2. The van der Waals surface area contributed by atoms with Crippen molar-refractivity contribution in [1.82, 2.24) is 20.2 Å². The van der Waals surface area contributed by atoms with Gasteiger partial charge < -0.3 is 11.1 Å². The van der Waals surface area contributed by atoms with Crippen LogP contribution in [0, 0.1) is 0 Å². The molecule has 0 aliphatic rings. The number of rotatable bonds is 6. The zero-order chi connectivity index (χ0) is 14.4. The Balaban J connectivity index is 2.07. The van der Waals surface area contributed by atoms with Crippen LogP contribution in [0.2, 0.25) is 5.02 Å². The average molecular weight is 295 g/mol. The molecule has 3 N–H and O–H groups in total. The fraction of sp³-hybridized carbons (Fsp3) is 0.333. The van der Waals surface area contributed by atoms with E-state index in [0.29, 0.717) is 23.7 Å². The molecule has 0 unspecified atom stereocenters. The zero-order valence-electron chi connectivity index (χ0n) is 10.8. The van der Waals surface area contributed by atoms with Gasteiger partial charge in [-0.3, -0.25) is 4.79 Å². The van der Waals surface area contributed by atoms with E-state index in [1.54, 1.807) is 18.2 Å². The number of benzene rings is 1. The molecule has 8 heteroatoms. The summed E-state index contributed by atoms with van der Waals surface area (Å²) in [6.07, 6.45) is 3.47. The number of amides is 1. The van der Waals surface area contributed by atoms with Crippen LogP contribution in [0.3, 0.4) is 0 Å². The van der Waals surface area contributed by atoms with E-state index >= 15 is 0 Å². The summed E-state index contributed by atoms with van der Waals surface area (Å²) in [5, 5.41) is 14.2. The summed E-state index contributed by atoms with van der Waals surface area (Å²) in [7, 11) is 0. The summed E-state index contributed by atoms with van der Waals surface area (Å²) < 4.78 is 1.49.